The fourth-order valence-corrected chi connectivity index (χ4v) is 6.39. The summed E-state index contributed by atoms with van der Waals surface area (Å²) in [5, 5.41) is 2.71. The Bertz CT molecular complexity index is 1420. The summed E-state index contributed by atoms with van der Waals surface area (Å²) in [6.07, 6.45) is 3.40. The molecule has 1 saturated carbocycles. The van der Waals surface area contributed by atoms with Gasteiger partial charge in [0.2, 0.25) is 5.95 Å². The van der Waals surface area contributed by atoms with Crippen molar-refractivity contribution >= 4 is 36.6 Å². The molecular weight excluding hydrogens is 549 g/mol. The van der Waals surface area contributed by atoms with E-state index < -0.39 is 32.1 Å². The fraction of sp³-hybridized carbons (Fsp3) is 0.556. The molecule has 0 radical (unpaired) electrons. The van der Waals surface area contributed by atoms with Gasteiger partial charge in [-0.3, -0.25) is 13.9 Å². The number of hydrogen-bond acceptors (Lipinski definition) is 11. The standard InChI is InChI=1S/C27H38N7O6P/c1-16(2)38-26(35)18(4)32-41(36,40-20-9-7-6-8-10-20)37-14-21-13-17(3)25(39-21)34-15-29-22-23(33(5)19-11-12-19)30-27(28)31-24(22)34/h6-10,15-19,21,25H,11-14H2,1-5H3,(H,32,36)(H2,28,30,31)/t17-,18-,21-,25+,41?/m0/s1. The molecule has 0 amide bonds. The summed E-state index contributed by atoms with van der Waals surface area (Å²) in [4.78, 5) is 28.1. The Morgan fingerprint density at radius 1 is 1.24 bits per heavy atom. The van der Waals surface area contributed by atoms with E-state index in [9.17, 15) is 9.36 Å². The molecule has 13 nitrogen and oxygen atoms in total. The number of benzene rings is 1. The maximum atomic E-state index is 13.8. The number of ether oxygens (including phenoxy) is 2. The Balaban J connectivity index is 1.30. The zero-order valence-corrected chi connectivity index (χ0v) is 24.9. The summed E-state index contributed by atoms with van der Waals surface area (Å²) in [6.45, 7) is 7.05. The van der Waals surface area contributed by atoms with Crippen molar-refractivity contribution in [3.8, 4) is 5.75 Å². The molecule has 2 fully saturated rings. The number of carbonyl (C=O) groups excluding carboxylic acids is 1. The van der Waals surface area contributed by atoms with Gasteiger partial charge in [-0.25, -0.2) is 9.55 Å². The summed E-state index contributed by atoms with van der Waals surface area (Å²) in [5.41, 5.74) is 7.34. The topological polar surface area (TPSA) is 156 Å². The summed E-state index contributed by atoms with van der Waals surface area (Å²) >= 11 is 0. The van der Waals surface area contributed by atoms with Crippen LogP contribution >= 0.6 is 7.75 Å². The van der Waals surface area contributed by atoms with Crippen LogP contribution in [0.25, 0.3) is 11.2 Å². The van der Waals surface area contributed by atoms with Gasteiger partial charge < -0.3 is 24.6 Å². The van der Waals surface area contributed by atoms with Crippen molar-refractivity contribution in [2.75, 3.05) is 24.3 Å². The number of carbonyl (C=O) groups is 1. The van der Waals surface area contributed by atoms with Gasteiger partial charge in [0.25, 0.3) is 0 Å². The van der Waals surface area contributed by atoms with Crippen LogP contribution in [0.3, 0.4) is 0 Å². The zero-order valence-electron chi connectivity index (χ0n) is 24.0. The molecule has 1 aromatic carbocycles. The first-order valence-electron chi connectivity index (χ1n) is 13.9. The lowest BCUT2D eigenvalue weighted by atomic mass is 10.1. The molecule has 3 N–H and O–H groups in total. The molecule has 222 valence electrons. The molecule has 5 atom stereocenters. The van der Waals surface area contributed by atoms with Gasteiger partial charge in [0.1, 0.15) is 18.0 Å². The number of nitrogen functional groups attached to an aromatic ring is 1. The van der Waals surface area contributed by atoms with E-state index in [0.717, 1.165) is 12.8 Å². The number of nitrogens with two attached hydrogens (primary N) is 1. The zero-order chi connectivity index (χ0) is 29.3. The molecule has 2 aromatic heterocycles. The van der Waals surface area contributed by atoms with Gasteiger partial charge >= 0.3 is 13.7 Å². The molecule has 5 rings (SSSR count). The van der Waals surface area contributed by atoms with Gasteiger partial charge in [-0.2, -0.15) is 15.1 Å². The highest BCUT2D eigenvalue weighted by atomic mass is 31.2. The van der Waals surface area contributed by atoms with E-state index in [4.69, 9.17) is 24.3 Å². The number of rotatable bonds is 12. The number of nitrogens with one attached hydrogen (secondary N) is 1. The molecule has 1 saturated heterocycles. The van der Waals surface area contributed by atoms with Crippen molar-refractivity contribution in [3.63, 3.8) is 0 Å². The van der Waals surface area contributed by atoms with E-state index in [2.05, 4.69) is 31.9 Å². The predicted molar refractivity (Wildman–Crippen MR) is 153 cm³/mol. The van der Waals surface area contributed by atoms with Gasteiger partial charge in [-0.05, 0) is 52.2 Å². The number of imidazole rings is 1. The van der Waals surface area contributed by atoms with E-state index in [1.54, 1.807) is 51.4 Å². The quantitative estimate of drug-likeness (QED) is 0.232. The van der Waals surface area contributed by atoms with Crippen molar-refractivity contribution in [2.24, 2.45) is 5.92 Å². The molecule has 2 aliphatic rings. The van der Waals surface area contributed by atoms with Gasteiger partial charge in [0.05, 0.1) is 25.1 Å². The van der Waals surface area contributed by atoms with Crippen LogP contribution in [0.15, 0.2) is 36.7 Å². The third-order valence-electron chi connectivity index (χ3n) is 7.03. The normalized spacial score (nSPS) is 22.9. The lowest BCUT2D eigenvalue weighted by Gasteiger charge is -2.24. The molecule has 14 heteroatoms. The van der Waals surface area contributed by atoms with Gasteiger partial charge in [0, 0.05) is 19.0 Å². The highest BCUT2D eigenvalue weighted by Crippen LogP contribution is 2.46. The molecule has 1 aliphatic carbocycles. The molecule has 41 heavy (non-hydrogen) atoms. The van der Waals surface area contributed by atoms with Gasteiger partial charge in [-0.15, -0.1) is 0 Å². The van der Waals surface area contributed by atoms with Crippen LogP contribution in [0.2, 0.25) is 0 Å². The third kappa shape index (κ3) is 6.81. The summed E-state index contributed by atoms with van der Waals surface area (Å²) in [5.74, 6) is 0.702. The van der Waals surface area contributed by atoms with Crippen LogP contribution in [0, 0.1) is 5.92 Å². The van der Waals surface area contributed by atoms with E-state index in [1.807, 2.05) is 17.7 Å². The van der Waals surface area contributed by atoms with E-state index >= 15 is 0 Å². The van der Waals surface area contributed by atoms with Crippen molar-refractivity contribution < 1.29 is 27.9 Å². The minimum absolute atomic E-state index is 0.0384. The second kappa shape index (κ2) is 11.9. The molecule has 3 heterocycles. The number of esters is 1. The number of para-hydroxylation sites is 1. The average molecular weight is 588 g/mol. The van der Waals surface area contributed by atoms with Crippen molar-refractivity contribution in [1.29, 1.82) is 0 Å². The Kier molecular flexibility index (Phi) is 8.51. The second-order valence-corrected chi connectivity index (χ2v) is 12.7. The molecule has 1 aliphatic heterocycles. The first kappa shape index (κ1) is 29.2. The Morgan fingerprint density at radius 2 is 1.98 bits per heavy atom. The lowest BCUT2D eigenvalue weighted by molar-refractivity contribution is -0.149. The fourth-order valence-electron chi connectivity index (χ4n) is 4.87. The van der Waals surface area contributed by atoms with Crippen molar-refractivity contribution in [3.05, 3.63) is 36.7 Å². The highest BCUT2D eigenvalue weighted by molar-refractivity contribution is 7.52. The van der Waals surface area contributed by atoms with Gasteiger partial charge in [0.15, 0.2) is 17.0 Å². The first-order chi connectivity index (χ1) is 19.5. The van der Waals surface area contributed by atoms with Crippen LogP contribution < -0.4 is 20.2 Å². The van der Waals surface area contributed by atoms with E-state index in [-0.39, 0.29) is 24.6 Å². The molecular formula is C27H38N7O6P. The summed E-state index contributed by atoms with van der Waals surface area (Å²) < 4.78 is 38.9. The predicted octanol–water partition coefficient (Wildman–Crippen LogP) is 4.06. The smallest absolute Gasteiger partial charge is 0.459 e. The SMILES string of the molecule is CC(C)OC(=O)[C@H](C)NP(=O)(OC[C@@H]1C[C@H](C)[C@H](n2cnc3c(N(C)C4CC4)nc(N)nc32)O1)Oc1ccccc1. The Morgan fingerprint density at radius 3 is 2.66 bits per heavy atom. The van der Waals surface area contributed by atoms with E-state index in [1.165, 1.54) is 0 Å². The van der Waals surface area contributed by atoms with E-state index in [0.29, 0.717) is 35.2 Å². The summed E-state index contributed by atoms with van der Waals surface area (Å²) in [6, 6.07) is 8.13. The average Bonchev–Trinajstić information content (AvgIpc) is 3.59. The maximum Gasteiger partial charge on any atom is 0.459 e. The van der Waals surface area contributed by atoms with Crippen LogP contribution in [0.4, 0.5) is 11.8 Å². The molecule has 1 unspecified atom stereocenters. The number of aromatic nitrogens is 4. The van der Waals surface area contributed by atoms with Crippen LogP contribution in [-0.2, 0) is 23.4 Å². The monoisotopic (exact) mass is 587 g/mol. The highest BCUT2D eigenvalue weighted by Gasteiger charge is 2.39. The molecule has 0 spiro atoms. The minimum atomic E-state index is -4.01. The number of anilines is 2. The Hall–Kier alpha value is -3.25. The third-order valence-corrected chi connectivity index (χ3v) is 8.68. The number of fused-ring (bicyclic) bond motifs is 1. The van der Waals surface area contributed by atoms with Crippen molar-refractivity contribution in [2.45, 2.75) is 77.5 Å². The number of hydrogen-bond donors (Lipinski definition) is 2. The van der Waals surface area contributed by atoms with Crippen LogP contribution in [-0.4, -0.2) is 63.4 Å². The number of nitrogens with zero attached hydrogens (tertiary/aromatic N) is 5. The minimum Gasteiger partial charge on any atom is -0.462 e. The first-order valence-corrected chi connectivity index (χ1v) is 15.4. The Labute approximate surface area is 239 Å². The van der Waals surface area contributed by atoms with Crippen LogP contribution in [0.1, 0.15) is 53.2 Å². The molecule has 3 aromatic rings. The second-order valence-electron chi connectivity index (χ2n) is 11.0. The lowest BCUT2D eigenvalue weighted by Crippen LogP contribution is -2.36. The largest absolute Gasteiger partial charge is 0.462 e. The van der Waals surface area contributed by atoms with Crippen LogP contribution in [0.5, 0.6) is 5.75 Å². The van der Waals surface area contributed by atoms with Gasteiger partial charge in [-0.1, -0.05) is 25.1 Å². The summed E-state index contributed by atoms with van der Waals surface area (Å²) in [7, 11) is -2.01. The maximum absolute atomic E-state index is 13.8. The molecule has 0 bridgehead atoms. The van der Waals surface area contributed by atoms with Crippen molar-refractivity contribution in [1.82, 2.24) is 24.6 Å².